The summed E-state index contributed by atoms with van der Waals surface area (Å²) in [6.07, 6.45) is 1.09. The zero-order valence-corrected chi connectivity index (χ0v) is 10.8. The molecular formula is C11H24N4O. The van der Waals surface area contributed by atoms with Crippen molar-refractivity contribution in [2.45, 2.75) is 32.4 Å². The summed E-state index contributed by atoms with van der Waals surface area (Å²) in [5.41, 5.74) is 5.54. The zero-order valence-electron chi connectivity index (χ0n) is 10.8. The van der Waals surface area contributed by atoms with Crippen molar-refractivity contribution in [2.24, 2.45) is 5.73 Å². The molecule has 0 aromatic rings. The molecule has 5 heteroatoms. The van der Waals surface area contributed by atoms with Crippen molar-refractivity contribution in [2.75, 3.05) is 33.9 Å². The van der Waals surface area contributed by atoms with Crippen LogP contribution < -0.4 is 5.73 Å². The van der Waals surface area contributed by atoms with E-state index in [0.29, 0.717) is 12.7 Å². The van der Waals surface area contributed by atoms with Crippen molar-refractivity contribution < 1.29 is 4.79 Å². The van der Waals surface area contributed by atoms with Crippen LogP contribution >= 0.6 is 0 Å². The molecule has 16 heavy (non-hydrogen) atoms. The average molecular weight is 228 g/mol. The number of rotatable bonds is 4. The third-order valence-electron chi connectivity index (χ3n) is 3.30. The van der Waals surface area contributed by atoms with Gasteiger partial charge in [0.15, 0.2) is 0 Å². The quantitative estimate of drug-likeness (QED) is 0.707. The van der Waals surface area contributed by atoms with E-state index in [0.717, 1.165) is 19.5 Å². The van der Waals surface area contributed by atoms with Crippen LogP contribution in [0.25, 0.3) is 0 Å². The van der Waals surface area contributed by atoms with Crippen LogP contribution in [0.5, 0.6) is 0 Å². The highest BCUT2D eigenvalue weighted by Gasteiger charge is 2.34. The van der Waals surface area contributed by atoms with Gasteiger partial charge in [0.2, 0.25) is 0 Å². The lowest BCUT2D eigenvalue weighted by Crippen LogP contribution is -2.59. The Hall–Kier alpha value is -0.810. The maximum atomic E-state index is 12.0. The normalized spacial score (nSPS) is 20.2. The highest BCUT2D eigenvalue weighted by atomic mass is 16.2. The summed E-state index contributed by atoms with van der Waals surface area (Å²) in [5.74, 6) is 0. The van der Waals surface area contributed by atoms with Crippen LogP contribution in [0.1, 0.15) is 20.3 Å². The molecule has 94 valence electrons. The Kier molecular flexibility index (Phi) is 4.56. The SMILES string of the molecule is CC(C)N(C)C(=O)N1CCC1CN(C)CN. The number of nitrogens with zero attached hydrogens (tertiary/aromatic N) is 3. The molecule has 1 heterocycles. The molecule has 0 aromatic heterocycles. The molecule has 0 spiro atoms. The van der Waals surface area contributed by atoms with Crippen molar-refractivity contribution in [3.05, 3.63) is 0 Å². The summed E-state index contributed by atoms with van der Waals surface area (Å²) in [6.45, 7) is 6.34. The van der Waals surface area contributed by atoms with E-state index in [1.807, 2.05) is 37.7 Å². The van der Waals surface area contributed by atoms with Gasteiger partial charge in [0.1, 0.15) is 0 Å². The van der Waals surface area contributed by atoms with Crippen molar-refractivity contribution in [1.82, 2.24) is 14.7 Å². The van der Waals surface area contributed by atoms with Gasteiger partial charge in [0.25, 0.3) is 0 Å². The second-order valence-electron chi connectivity index (χ2n) is 4.84. The van der Waals surface area contributed by atoms with Gasteiger partial charge >= 0.3 is 6.03 Å². The van der Waals surface area contributed by atoms with E-state index in [4.69, 9.17) is 5.73 Å². The largest absolute Gasteiger partial charge is 0.325 e. The molecule has 1 unspecified atom stereocenters. The fourth-order valence-electron chi connectivity index (χ4n) is 1.74. The van der Waals surface area contributed by atoms with Crippen molar-refractivity contribution >= 4 is 6.03 Å². The summed E-state index contributed by atoms with van der Waals surface area (Å²) in [7, 11) is 3.84. The number of hydrogen-bond acceptors (Lipinski definition) is 3. The predicted molar refractivity (Wildman–Crippen MR) is 65.1 cm³/mol. The third kappa shape index (κ3) is 2.86. The molecule has 1 aliphatic heterocycles. The van der Waals surface area contributed by atoms with Crippen LogP contribution in [-0.4, -0.2) is 66.7 Å². The summed E-state index contributed by atoms with van der Waals surface area (Å²) < 4.78 is 0. The molecule has 0 saturated carbocycles. The van der Waals surface area contributed by atoms with E-state index < -0.39 is 0 Å². The van der Waals surface area contributed by atoms with Gasteiger partial charge in [0, 0.05) is 38.9 Å². The number of likely N-dealkylation sites (tertiary alicyclic amines) is 1. The number of amides is 2. The Morgan fingerprint density at radius 1 is 1.50 bits per heavy atom. The van der Waals surface area contributed by atoms with Crippen LogP contribution in [0.3, 0.4) is 0 Å². The van der Waals surface area contributed by atoms with E-state index in [-0.39, 0.29) is 12.1 Å². The minimum atomic E-state index is 0.136. The Balaban J connectivity index is 2.46. The van der Waals surface area contributed by atoms with Crippen molar-refractivity contribution in [3.63, 3.8) is 0 Å². The molecule has 0 radical (unpaired) electrons. The van der Waals surface area contributed by atoms with Crippen LogP contribution in [0.2, 0.25) is 0 Å². The molecule has 5 nitrogen and oxygen atoms in total. The lowest BCUT2D eigenvalue weighted by Gasteiger charge is -2.44. The standard InChI is InChI=1S/C11H24N4O/c1-9(2)14(4)11(16)15-6-5-10(15)7-13(3)8-12/h9-10H,5-8,12H2,1-4H3. The molecule has 2 amide bonds. The smallest absolute Gasteiger partial charge is 0.320 e. The predicted octanol–water partition coefficient (Wildman–Crippen LogP) is 0.369. The molecule has 1 fully saturated rings. The first kappa shape index (κ1) is 13.3. The topological polar surface area (TPSA) is 52.8 Å². The van der Waals surface area contributed by atoms with Gasteiger partial charge in [-0.15, -0.1) is 0 Å². The fourth-order valence-corrected chi connectivity index (χ4v) is 1.74. The van der Waals surface area contributed by atoms with E-state index in [2.05, 4.69) is 0 Å². The first-order chi connectivity index (χ1) is 7.47. The Labute approximate surface area is 98.2 Å². The highest BCUT2D eigenvalue weighted by Crippen LogP contribution is 2.20. The molecule has 0 bridgehead atoms. The summed E-state index contributed by atoms with van der Waals surface area (Å²) in [6, 6.07) is 0.722. The number of urea groups is 1. The van der Waals surface area contributed by atoms with Crippen molar-refractivity contribution in [1.29, 1.82) is 0 Å². The maximum Gasteiger partial charge on any atom is 0.320 e. The van der Waals surface area contributed by atoms with E-state index in [1.165, 1.54) is 0 Å². The molecule has 1 rings (SSSR count). The Morgan fingerprint density at radius 3 is 2.50 bits per heavy atom. The van der Waals surface area contributed by atoms with Gasteiger partial charge in [0.05, 0.1) is 0 Å². The monoisotopic (exact) mass is 228 g/mol. The summed E-state index contributed by atoms with van der Waals surface area (Å²) >= 11 is 0. The van der Waals surface area contributed by atoms with Crippen LogP contribution in [0.4, 0.5) is 4.79 Å². The number of carbonyl (C=O) groups excluding carboxylic acids is 1. The van der Waals surface area contributed by atoms with Gasteiger partial charge in [-0.25, -0.2) is 4.79 Å². The van der Waals surface area contributed by atoms with Gasteiger partial charge in [-0.2, -0.15) is 0 Å². The maximum absolute atomic E-state index is 12.0. The molecule has 0 aliphatic carbocycles. The van der Waals surface area contributed by atoms with E-state index in [1.54, 1.807) is 4.90 Å². The second kappa shape index (κ2) is 5.50. The fraction of sp³-hybridized carbons (Fsp3) is 0.909. The molecular weight excluding hydrogens is 204 g/mol. The Morgan fingerprint density at radius 2 is 2.12 bits per heavy atom. The molecule has 1 saturated heterocycles. The first-order valence-electron chi connectivity index (χ1n) is 5.89. The molecule has 2 N–H and O–H groups in total. The van der Waals surface area contributed by atoms with Gasteiger partial charge in [-0.05, 0) is 27.3 Å². The lowest BCUT2D eigenvalue weighted by atomic mass is 10.0. The number of nitrogens with two attached hydrogens (primary N) is 1. The van der Waals surface area contributed by atoms with Crippen LogP contribution in [0, 0.1) is 0 Å². The van der Waals surface area contributed by atoms with E-state index in [9.17, 15) is 4.79 Å². The third-order valence-corrected chi connectivity index (χ3v) is 3.30. The molecule has 1 atom stereocenters. The van der Waals surface area contributed by atoms with Gasteiger partial charge < -0.3 is 15.5 Å². The van der Waals surface area contributed by atoms with Gasteiger partial charge in [-0.1, -0.05) is 0 Å². The Bertz CT molecular complexity index is 244. The molecule has 1 aliphatic rings. The zero-order chi connectivity index (χ0) is 12.3. The first-order valence-corrected chi connectivity index (χ1v) is 5.89. The average Bonchev–Trinajstić information content (AvgIpc) is 2.22. The molecule has 0 aromatic carbocycles. The number of likely N-dealkylation sites (N-methyl/N-ethyl adjacent to an activating group) is 1. The number of carbonyl (C=O) groups is 1. The second-order valence-corrected chi connectivity index (χ2v) is 4.84. The van der Waals surface area contributed by atoms with Crippen molar-refractivity contribution in [3.8, 4) is 0 Å². The highest BCUT2D eigenvalue weighted by molar-refractivity contribution is 5.75. The van der Waals surface area contributed by atoms with E-state index >= 15 is 0 Å². The van der Waals surface area contributed by atoms with Crippen LogP contribution in [0.15, 0.2) is 0 Å². The number of hydrogen-bond donors (Lipinski definition) is 1. The minimum Gasteiger partial charge on any atom is -0.325 e. The summed E-state index contributed by atoms with van der Waals surface area (Å²) in [4.78, 5) is 17.8. The lowest BCUT2D eigenvalue weighted by molar-refractivity contribution is 0.0669. The minimum absolute atomic E-state index is 0.136. The summed E-state index contributed by atoms with van der Waals surface area (Å²) in [5, 5.41) is 0. The van der Waals surface area contributed by atoms with Gasteiger partial charge in [-0.3, -0.25) is 4.90 Å². The van der Waals surface area contributed by atoms with Crippen LogP contribution in [-0.2, 0) is 0 Å².